The number of benzene rings is 1. The summed E-state index contributed by atoms with van der Waals surface area (Å²) < 4.78 is 24.2. The highest BCUT2D eigenvalue weighted by Gasteiger charge is 2.14. The van der Waals surface area contributed by atoms with Gasteiger partial charge in [0.25, 0.3) is 0 Å². The molecule has 0 atom stereocenters. The third kappa shape index (κ3) is 13.7. The molecule has 0 aliphatic carbocycles. The fourth-order valence-corrected chi connectivity index (χ4v) is 5.89. The smallest absolute Gasteiger partial charge is 0.139 e. The van der Waals surface area contributed by atoms with Gasteiger partial charge in [-0.2, -0.15) is 0 Å². The Morgan fingerprint density at radius 2 is 0.800 bits per heavy atom. The standard InChI is InChI=1S/C24H46O4Si2/c1-5-9-17-25-23(26-18-10-6-2)29-21-13-15-22(16-14-21)30-24(27-19-11-7-3)28-20-12-8-4/h13-16,23-24H,5-12,17-20,29-30H2,1-4H3. The van der Waals surface area contributed by atoms with Crippen LogP contribution in [0.5, 0.6) is 0 Å². The first-order chi connectivity index (χ1) is 14.7. The fourth-order valence-electron chi connectivity index (χ4n) is 2.96. The van der Waals surface area contributed by atoms with Crippen LogP contribution >= 0.6 is 0 Å². The van der Waals surface area contributed by atoms with E-state index in [-0.39, 0.29) is 11.8 Å². The summed E-state index contributed by atoms with van der Waals surface area (Å²) in [6.45, 7) is 12.0. The molecule has 1 aromatic rings. The van der Waals surface area contributed by atoms with Crippen LogP contribution in [-0.2, 0) is 18.9 Å². The van der Waals surface area contributed by atoms with Crippen LogP contribution in [0.25, 0.3) is 0 Å². The van der Waals surface area contributed by atoms with Crippen molar-refractivity contribution in [1.29, 1.82) is 0 Å². The Labute approximate surface area is 190 Å². The van der Waals surface area contributed by atoms with E-state index in [0.717, 1.165) is 77.8 Å². The third-order valence-electron chi connectivity index (χ3n) is 5.03. The maximum atomic E-state index is 6.05. The molecule has 0 unspecified atom stereocenters. The van der Waals surface area contributed by atoms with Gasteiger partial charge < -0.3 is 18.9 Å². The maximum absolute atomic E-state index is 6.05. The lowest BCUT2D eigenvalue weighted by Gasteiger charge is -2.20. The predicted octanol–water partition coefficient (Wildman–Crippen LogP) is 3.11. The lowest BCUT2D eigenvalue weighted by molar-refractivity contribution is -0.0913. The summed E-state index contributed by atoms with van der Waals surface area (Å²) in [5, 5.41) is 2.81. The lowest BCUT2D eigenvalue weighted by Crippen LogP contribution is -2.36. The second kappa shape index (κ2) is 19.2. The Morgan fingerprint density at radius 3 is 1.03 bits per heavy atom. The molecule has 6 heteroatoms. The van der Waals surface area contributed by atoms with Crippen molar-refractivity contribution in [2.75, 3.05) is 26.4 Å². The van der Waals surface area contributed by atoms with Gasteiger partial charge in [0.2, 0.25) is 0 Å². The summed E-state index contributed by atoms with van der Waals surface area (Å²) >= 11 is 0. The van der Waals surface area contributed by atoms with E-state index in [1.807, 2.05) is 0 Å². The van der Waals surface area contributed by atoms with Gasteiger partial charge in [0.1, 0.15) is 30.9 Å². The fraction of sp³-hybridized carbons (Fsp3) is 0.750. The molecule has 0 N–H and O–H groups in total. The van der Waals surface area contributed by atoms with Crippen LogP contribution in [0.2, 0.25) is 0 Å². The van der Waals surface area contributed by atoms with E-state index < -0.39 is 19.0 Å². The molecule has 0 aliphatic rings. The Hall–Kier alpha value is -0.506. The summed E-state index contributed by atoms with van der Waals surface area (Å²) in [7, 11) is -1.24. The first kappa shape index (κ1) is 27.5. The molecule has 0 bridgehead atoms. The molecule has 4 nitrogen and oxygen atoms in total. The maximum Gasteiger partial charge on any atom is 0.139 e. The largest absolute Gasteiger partial charge is 0.357 e. The van der Waals surface area contributed by atoms with Crippen LogP contribution < -0.4 is 10.4 Å². The third-order valence-corrected chi connectivity index (χ3v) is 8.53. The molecule has 0 fully saturated rings. The van der Waals surface area contributed by atoms with Gasteiger partial charge in [-0.1, -0.05) is 88.0 Å². The number of ether oxygens (including phenoxy) is 4. The van der Waals surface area contributed by atoms with Crippen LogP contribution in [0.1, 0.15) is 79.1 Å². The molecule has 1 rings (SSSR count). The molecule has 30 heavy (non-hydrogen) atoms. The molecule has 0 aliphatic heterocycles. The minimum atomic E-state index is -0.621. The number of rotatable bonds is 20. The number of hydrogen-bond donors (Lipinski definition) is 0. The first-order valence-electron chi connectivity index (χ1n) is 12.3. The van der Waals surface area contributed by atoms with Crippen molar-refractivity contribution in [2.24, 2.45) is 0 Å². The minimum Gasteiger partial charge on any atom is -0.357 e. The van der Waals surface area contributed by atoms with Crippen molar-refractivity contribution in [1.82, 2.24) is 0 Å². The SMILES string of the molecule is CCCCOC(OCCCC)[SiH2]c1ccc([SiH2]C(OCCCC)OCCCC)cc1. The minimum absolute atomic E-state index is 0.00584. The Bertz CT molecular complexity index is 433. The van der Waals surface area contributed by atoms with Crippen LogP contribution in [0.3, 0.4) is 0 Å². The van der Waals surface area contributed by atoms with Gasteiger partial charge in [-0.25, -0.2) is 0 Å². The average Bonchev–Trinajstić information content (AvgIpc) is 2.75. The molecular weight excluding hydrogens is 408 g/mol. The normalized spacial score (nSPS) is 12.5. The van der Waals surface area contributed by atoms with Gasteiger partial charge in [0, 0.05) is 26.4 Å². The molecule has 0 spiro atoms. The number of hydrogen-bond acceptors (Lipinski definition) is 4. The van der Waals surface area contributed by atoms with Crippen molar-refractivity contribution in [2.45, 2.75) is 90.9 Å². The molecule has 0 amide bonds. The van der Waals surface area contributed by atoms with Crippen LogP contribution in [0.4, 0.5) is 0 Å². The van der Waals surface area contributed by atoms with Crippen molar-refractivity contribution in [3.63, 3.8) is 0 Å². The zero-order valence-electron chi connectivity index (χ0n) is 20.0. The van der Waals surface area contributed by atoms with Crippen molar-refractivity contribution in [3.05, 3.63) is 24.3 Å². The summed E-state index contributed by atoms with van der Waals surface area (Å²) in [5.74, 6) is -0.0117. The first-order valence-corrected chi connectivity index (χ1v) is 15.3. The molecule has 0 saturated heterocycles. The monoisotopic (exact) mass is 454 g/mol. The van der Waals surface area contributed by atoms with E-state index in [0.29, 0.717) is 0 Å². The molecule has 0 heterocycles. The summed E-state index contributed by atoms with van der Waals surface area (Å²) in [6.07, 6.45) is 9.03. The Balaban J connectivity index is 2.58. The van der Waals surface area contributed by atoms with Gasteiger partial charge >= 0.3 is 0 Å². The second-order valence-corrected chi connectivity index (χ2v) is 11.8. The molecule has 0 saturated carbocycles. The summed E-state index contributed by atoms with van der Waals surface area (Å²) in [6, 6.07) is 9.12. The Morgan fingerprint density at radius 1 is 0.533 bits per heavy atom. The van der Waals surface area contributed by atoms with E-state index in [1.165, 1.54) is 10.4 Å². The van der Waals surface area contributed by atoms with Crippen molar-refractivity contribution in [3.8, 4) is 0 Å². The van der Waals surface area contributed by atoms with Crippen LogP contribution in [0, 0.1) is 0 Å². The molecule has 0 aromatic heterocycles. The molecule has 0 radical (unpaired) electrons. The van der Waals surface area contributed by atoms with Gasteiger partial charge in [-0.15, -0.1) is 0 Å². The predicted molar refractivity (Wildman–Crippen MR) is 134 cm³/mol. The van der Waals surface area contributed by atoms with Gasteiger partial charge in [-0.05, 0) is 25.7 Å². The highest BCUT2D eigenvalue weighted by Crippen LogP contribution is 2.02. The molecular formula is C24H46O4Si2. The van der Waals surface area contributed by atoms with E-state index in [1.54, 1.807) is 0 Å². The highest BCUT2D eigenvalue weighted by molar-refractivity contribution is 6.56. The van der Waals surface area contributed by atoms with E-state index in [4.69, 9.17) is 18.9 Å². The highest BCUT2D eigenvalue weighted by atomic mass is 28.2. The van der Waals surface area contributed by atoms with E-state index in [2.05, 4.69) is 52.0 Å². The van der Waals surface area contributed by atoms with E-state index in [9.17, 15) is 0 Å². The van der Waals surface area contributed by atoms with Crippen LogP contribution in [0.15, 0.2) is 24.3 Å². The van der Waals surface area contributed by atoms with E-state index >= 15 is 0 Å². The quantitative estimate of drug-likeness (QED) is 0.172. The number of unbranched alkanes of at least 4 members (excludes halogenated alkanes) is 4. The topological polar surface area (TPSA) is 36.9 Å². The van der Waals surface area contributed by atoms with Gasteiger partial charge in [-0.3, -0.25) is 0 Å². The van der Waals surface area contributed by atoms with Crippen molar-refractivity contribution >= 4 is 29.4 Å². The van der Waals surface area contributed by atoms with Gasteiger partial charge in [0.15, 0.2) is 0 Å². The van der Waals surface area contributed by atoms with Crippen molar-refractivity contribution < 1.29 is 18.9 Å². The summed E-state index contributed by atoms with van der Waals surface area (Å²) in [5.41, 5.74) is 0. The molecule has 1 aromatic carbocycles. The van der Waals surface area contributed by atoms with Gasteiger partial charge in [0.05, 0.1) is 0 Å². The second-order valence-electron chi connectivity index (χ2n) is 7.98. The average molecular weight is 455 g/mol. The van der Waals surface area contributed by atoms with Crippen LogP contribution in [-0.4, -0.2) is 57.3 Å². The molecule has 174 valence electrons. The lowest BCUT2D eigenvalue weighted by atomic mass is 10.4. The Kier molecular flexibility index (Phi) is 17.6. The zero-order chi connectivity index (χ0) is 21.9. The summed E-state index contributed by atoms with van der Waals surface area (Å²) in [4.78, 5) is 0. The zero-order valence-corrected chi connectivity index (χ0v) is 22.8.